The Morgan fingerprint density at radius 1 is 1.42 bits per heavy atom. The van der Waals surface area contributed by atoms with Gasteiger partial charge in [-0.2, -0.15) is 0 Å². The molecule has 19 heavy (non-hydrogen) atoms. The molecule has 7 heteroatoms. The first-order valence-corrected chi connectivity index (χ1v) is 9.01. The fourth-order valence-corrected chi connectivity index (χ4v) is 3.35. The van der Waals surface area contributed by atoms with Crippen molar-refractivity contribution < 1.29 is 13.2 Å². The van der Waals surface area contributed by atoms with Crippen LogP contribution in [0.3, 0.4) is 0 Å². The minimum atomic E-state index is -2.89. The van der Waals surface area contributed by atoms with Crippen LogP contribution in [-0.2, 0) is 21.1 Å². The third kappa shape index (κ3) is 8.20. The molecule has 108 valence electrons. The Morgan fingerprint density at radius 3 is 2.79 bits per heavy atom. The average Bonchev–Trinajstić information content (AvgIpc) is 2.35. The van der Waals surface area contributed by atoms with Crippen LogP contribution in [0.25, 0.3) is 0 Å². The number of methoxy groups -OCH3 is 1. The number of aromatic nitrogens is 1. The molecule has 5 nitrogen and oxygen atoms in total. The molecule has 0 aliphatic heterocycles. The second-order valence-corrected chi connectivity index (χ2v) is 7.53. The minimum absolute atomic E-state index is 0.180. The Morgan fingerprint density at radius 2 is 2.21 bits per heavy atom. The summed E-state index contributed by atoms with van der Waals surface area (Å²) in [4.78, 5) is 4.29. The van der Waals surface area contributed by atoms with E-state index < -0.39 is 9.84 Å². The van der Waals surface area contributed by atoms with Crippen molar-refractivity contribution in [3.63, 3.8) is 0 Å². The maximum absolute atomic E-state index is 11.0. The lowest BCUT2D eigenvalue weighted by Gasteiger charge is -2.05. The van der Waals surface area contributed by atoms with E-state index in [4.69, 9.17) is 4.74 Å². The highest BCUT2D eigenvalue weighted by molar-refractivity contribution is 8.00. The van der Waals surface area contributed by atoms with Gasteiger partial charge in [0.1, 0.15) is 9.84 Å². The molecule has 0 aliphatic rings. The summed E-state index contributed by atoms with van der Waals surface area (Å²) in [7, 11) is -1.22. The molecule has 0 saturated heterocycles. The van der Waals surface area contributed by atoms with Gasteiger partial charge in [-0.05, 0) is 11.6 Å². The topological polar surface area (TPSA) is 68.3 Å². The summed E-state index contributed by atoms with van der Waals surface area (Å²) in [5.74, 6) is 0.719. The smallest absolute Gasteiger partial charge is 0.148 e. The second-order valence-electron chi connectivity index (χ2n) is 4.15. The van der Waals surface area contributed by atoms with E-state index in [0.29, 0.717) is 12.4 Å². The summed E-state index contributed by atoms with van der Waals surface area (Å²) in [5, 5.41) is 4.09. The summed E-state index contributed by atoms with van der Waals surface area (Å²) < 4.78 is 26.9. The first kappa shape index (κ1) is 16.4. The zero-order chi connectivity index (χ0) is 14.1. The van der Waals surface area contributed by atoms with Gasteiger partial charge in [-0.15, -0.1) is 11.8 Å². The van der Waals surface area contributed by atoms with Gasteiger partial charge in [-0.3, -0.25) is 0 Å². The van der Waals surface area contributed by atoms with Gasteiger partial charge in [0.05, 0.1) is 17.4 Å². The standard InChI is InChI=1S/C12H20N2O3S2/c1-17-6-5-13-9-11-3-4-12(14-10-11)18-7-8-19(2,15)16/h3-4,10,13H,5-9H2,1-2H3. The van der Waals surface area contributed by atoms with E-state index in [1.165, 1.54) is 18.0 Å². The van der Waals surface area contributed by atoms with Gasteiger partial charge in [0.25, 0.3) is 0 Å². The van der Waals surface area contributed by atoms with Crippen molar-refractivity contribution in [3.8, 4) is 0 Å². The SMILES string of the molecule is COCCNCc1ccc(SCCS(C)(=O)=O)nc1. The number of pyridine rings is 1. The molecule has 0 spiro atoms. The number of ether oxygens (including phenoxy) is 1. The Hall–Kier alpha value is -0.630. The largest absolute Gasteiger partial charge is 0.383 e. The van der Waals surface area contributed by atoms with Gasteiger partial charge in [-0.1, -0.05) is 6.07 Å². The zero-order valence-corrected chi connectivity index (χ0v) is 12.9. The summed E-state index contributed by atoms with van der Waals surface area (Å²) in [6, 6.07) is 3.91. The van der Waals surface area contributed by atoms with Crippen molar-refractivity contribution in [1.82, 2.24) is 10.3 Å². The van der Waals surface area contributed by atoms with E-state index in [0.717, 1.165) is 23.7 Å². The molecular weight excluding hydrogens is 284 g/mol. The maximum Gasteiger partial charge on any atom is 0.148 e. The Kier molecular flexibility index (Phi) is 7.37. The lowest BCUT2D eigenvalue weighted by atomic mass is 10.3. The molecule has 1 N–H and O–H groups in total. The van der Waals surface area contributed by atoms with Crippen molar-refractivity contribution in [2.75, 3.05) is 38.0 Å². The molecule has 1 rings (SSSR count). The summed E-state index contributed by atoms with van der Waals surface area (Å²) in [6.07, 6.45) is 3.05. The summed E-state index contributed by atoms with van der Waals surface area (Å²) in [6.45, 7) is 2.25. The van der Waals surface area contributed by atoms with Crippen LogP contribution < -0.4 is 5.32 Å². The fraction of sp³-hybridized carbons (Fsp3) is 0.583. The summed E-state index contributed by atoms with van der Waals surface area (Å²) in [5.41, 5.74) is 1.10. The van der Waals surface area contributed by atoms with Crippen LogP contribution in [0, 0.1) is 0 Å². The molecule has 0 aromatic carbocycles. The number of nitrogens with zero attached hydrogens (tertiary/aromatic N) is 1. The van der Waals surface area contributed by atoms with Crippen LogP contribution in [0.2, 0.25) is 0 Å². The van der Waals surface area contributed by atoms with Crippen molar-refractivity contribution >= 4 is 21.6 Å². The van der Waals surface area contributed by atoms with Gasteiger partial charge >= 0.3 is 0 Å². The third-order valence-electron chi connectivity index (χ3n) is 2.31. The van der Waals surface area contributed by atoms with Gasteiger partial charge < -0.3 is 10.1 Å². The average molecular weight is 304 g/mol. The quantitative estimate of drug-likeness (QED) is 0.541. The lowest BCUT2D eigenvalue weighted by molar-refractivity contribution is 0.199. The summed E-state index contributed by atoms with van der Waals surface area (Å²) >= 11 is 1.46. The van der Waals surface area contributed by atoms with Crippen LogP contribution in [0.15, 0.2) is 23.4 Å². The lowest BCUT2D eigenvalue weighted by Crippen LogP contribution is -2.18. The number of hydrogen-bond donors (Lipinski definition) is 1. The van der Waals surface area contributed by atoms with Crippen molar-refractivity contribution in [1.29, 1.82) is 0 Å². The predicted octanol–water partition coefficient (Wildman–Crippen LogP) is 0.954. The fourth-order valence-electron chi connectivity index (χ4n) is 1.31. The molecule has 0 saturated carbocycles. The van der Waals surface area contributed by atoms with Crippen LogP contribution >= 0.6 is 11.8 Å². The van der Waals surface area contributed by atoms with Gasteiger partial charge in [0.15, 0.2) is 0 Å². The number of hydrogen-bond acceptors (Lipinski definition) is 6. The number of sulfone groups is 1. The van der Waals surface area contributed by atoms with Crippen LogP contribution in [0.5, 0.6) is 0 Å². The third-order valence-corrected chi connectivity index (χ3v) is 4.46. The number of nitrogens with one attached hydrogen (secondary N) is 1. The molecule has 0 aliphatic carbocycles. The van der Waals surface area contributed by atoms with E-state index in [1.54, 1.807) is 7.11 Å². The Labute approximate surface area is 119 Å². The molecule has 0 atom stereocenters. The highest BCUT2D eigenvalue weighted by atomic mass is 32.2. The first-order chi connectivity index (χ1) is 9.01. The molecule has 0 bridgehead atoms. The van der Waals surface area contributed by atoms with Gasteiger partial charge in [0.2, 0.25) is 0 Å². The molecule has 0 unspecified atom stereocenters. The zero-order valence-electron chi connectivity index (χ0n) is 11.3. The van der Waals surface area contributed by atoms with Crippen molar-refractivity contribution in [2.45, 2.75) is 11.6 Å². The van der Waals surface area contributed by atoms with E-state index in [1.807, 2.05) is 18.3 Å². The highest BCUT2D eigenvalue weighted by Gasteiger charge is 2.03. The molecule has 1 aromatic rings. The van der Waals surface area contributed by atoms with Crippen LogP contribution in [0.4, 0.5) is 0 Å². The maximum atomic E-state index is 11.0. The monoisotopic (exact) mass is 304 g/mol. The molecule has 0 radical (unpaired) electrons. The number of thioether (sulfide) groups is 1. The Bertz CT molecular complexity index is 460. The van der Waals surface area contributed by atoms with Gasteiger partial charge in [-0.25, -0.2) is 13.4 Å². The number of rotatable bonds is 9. The van der Waals surface area contributed by atoms with Crippen molar-refractivity contribution in [3.05, 3.63) is 23.9 Å². The van der Waals surface area contributed by atoms with E-state index in [-0.39, 0.29) is 5.75 Å². The van der Waals surface area contributed by atoms with E-state index in [2.05, 4.69) is 10.3 Å². The second kappa shape index (κ2) is 8.52. The predicted molar refractivity (Wildman–Crippen MR) is 78.3 cm³/mol. The molecular formula is C12H20N2O3S2. The van der Waals surface area contributed by atoms with Crippen LogP contribution in [0.1, 0.15) is 5.56 Å². The molecule has 1 heterocycles. The van der Waals surface area contributed by atoms with Gasteiger partial charge in [0, 0.05) is 38.4 Å². The van der Waals surface area contributed by atoms with E-state index in [9.17, 15) is 8.42 Å². The minimum Gasteiger partial charge on any atom is -0.383 e. The molecule has 0 amide bonds. The molecule has 1 aromatic heterocycles. The first-order valence-electron chi connectivity index (χ1n) is 5.96. The normalized spacial score (nSPS) is 11.7. The molecule has 0 fully saturated rings. The van der Waals surface area contributed by atoms with Crippen molar-refractivity contribution in [2.24, 2.45) is 0 Å². The Balaban J connectivity index is 2.31. The van der Waals surface area contributed by atoms with Crippen LogP contribution in [-0.4, -0.2) is 51.4 Å². The highest BCUT2D eigenvalue weighted by Crippen LogP contribution is 2.15. The van der Waals surface area contributed by atoms with E-state index >= 15 is 0 Å².